The van der Waals surface area contributed by atoms with E-state index in [1.54, 1.807) is 0 Å². The molecular formula is C32H24Cl2N6. The van der Waals surface area contributed by atoms with E-state index in [1.807, 2.05) is 90.5 Å². The van der Waals surface area contributed by atoms with Gasteiger partial charge in [0.25, 0.3) is 0 Å². The Kier molecular flexibility index (Phi) is 5.95. The van der Waals surface area contributed by atoms with Crippen LogP contribution in [0.1, 0.15) is 28.4 Å². The Bertz CT molecular complexity index is 1820. The maximum absolute atomic E-state index is 6.59. The van der Waals surface area contributed by atoms with Crippen LogP contribution in [0.25, 0.3) is 5.69 Å². The number of fused-ring (bicyclic) bond motifs is 4. The SMILES string of the molecule is Cc1ccc(NC2=Nc3ccccc3N3C2=Nc2c(c(C)nn2-c2ccccc2)C3c2ccc(Cl)c(Cl)c2)cc1. The zero-order valence-electron chi connectivity index (χ0n) is 21.8. The topological polar surface area (TPSA) is 57.8 Å². The summed E-state index contributed by atoms with van der Waals surface area (Å²) in [6.07, 6.45) is 0. The summed E-state index contributed by atoms with van der Waals surface area (Å²) < 4.78 is 1.91. The molecule has 0 aliphatic carbocycles. The number of benzene rings is 4. The van der Waals surface area contributed by atoms with Crippen molar-refractivity contribution >= 4 is 57.8 Å². The third-order valence-corrected chi connectivity index (χ3v) is 7.95. The van der Waals surface area contributed by atoms with Crippen LogP contribution in [0.15, 0.2) is 107 Å². The number of halogens is 2. The maximum Gasteiger partial charge on any atom is 0.179 e. The van der Waals surface area contributed by atoms with Crippen molar-refractivity contribution in [3.05, 3.63) is 129 Å². The molecule has 2 aliphatic rings. The van der Waals surface area contributed by atoms with Crippen LogP contribution in [-0.4, -0.2) is 21.5 Å². The number of para-hydroxylation sites is 3. The van der Waals surface area contributed by atoms with Crippen LogP contribution in [0.3, 0.4) is 0 Å². The summed E-state index contributed by atoms with van der Waals surface area (Å²) in [6, 6.07) is 31.9. The van der Waals surface area contributed by atoms with Gasteiger partial charge in [-0.2, -0.15) is 5.10 Å². The molecule has 40 heavy (non-hydrogen) atoms. The van der Waals surface area contributed by atoms with E-state index in [0.29, 0.717) is 21.7 Å². The first-order valence-corrected chi connectivity index (χ1v) is 13.7. The van der Waals surface area contributed by atoms with Crippen LogP contribution >= 0.6 is 23.2 Å². The van der Waals surface area contributed by atoms with Gasteiger partial charge in [-0.25, -0.2) is 14.7 Å². The molecule has 1 N–H and O–H groups in total. The predicted octanol–water partition coefficient (Wildman–Crippen LogP) is 8.59. The van der Waals surface area contributed by atoms with Crippen LogP contribution in [0, 0.1) is 13.8 Å². The molecule has 1 atom stereocenters. The van der Waals surface area contributed by atoms with Crippen LogP contribution in [0.2, 0.25) is 10.0 Å². The zero-order valence-corrected chi connectivity index (χ0v) is 23.3. The minimum absolute atomic E-state index is 0.277. The van der Waals surface area contributed by atoms with Crippen LogP contribution < -0.4 is 10.2 Å². The lowest BCUT2D eigenvalue weighted by molar-refractivity contribution is 0.815. The third kappa shape index (κ3) is 4.08. The predicted molar refractivity (Wildman–Crippen MR) is 165 cm³/mol. The minimum Gasteiger partial charge on any atom is -0.337 e. The van der Waals surface area contributed by atoms with Gasteiger partial charge in [0, 0.05) is 11.3 Å². The van der Waals surface area contributed by atoms with Crippen molar-refractivity contribution in [2.75, 3.05) is 10.2 Å². The summed E-state index contributed by atoms with van der Waals surface area (Å²) in [5, 5.41) is 9.52. The van der Waals surface area contributed by atoms with Crippen molar-refractivity contribution < 1.29 is 0 Å². The Morgan fingerprint density at radius 2 is 1.52 bits per heavy atom. The van der Waals surface area contributed by atoms with Gasteiger partial charge in [-0.3, -0.25) is 0 Å². The Morgan fingerprint density at radius 1 is 0.775 bits per heavy atom. The second-order valence-corrected chi connectivity index (χ2v) is 10.7. The number of hydrogen-bond donors (Lipinski definition) is 1. The number of anilines is 2. The molecule has 0 amide bonds. The standard InChI is InChI=1S/C32H24Cl2N6/c1-19-12-15-22(16-13-19)35-30-32-37-31-28(20(2)38-40(31)23-8-4-3-5-9-23)29(21-14-17-24(33)25(34)18-21)39(32)27-11-7-6-10-26(27)36-30/h3-18,29H,1-2H3,(H,35,36). The molecule has 0 saturated carbocycles. The Balaban J connectivity index is 1.50. The van der Waals surface area contributed by atoms with Crippen molar-refractivity contribution in [3.8, 4) is 5.69 Å². The van der Waals surface area contributed by atoms with E-state index in [1.165, 1.54) is 5.56 Å². The number of amidine groups is 2. The number of hydrogen-bond acceptors (Lipinski definition) is 5. The molecule has 0 bridgehead atoms. The number of aromatic nitrogens is 2. The molecule has 8 heteroatoms. The van der Waals surface area contributed by atoms with E-state index < -0.39 is 0 Å². The summed E-state index contributed by atoms with van der Waals surface area (Å²) in [5.41, 5.74) is 7.69. The van der Waals surface area contributed by atoms with Gasteiger partial charge in [-0.05, 0) is 67.9 Å². The average molecular weight is 563 g/mol. The van der Waals surface area contributed by atoms with E-state index in [0.717, 1.165) is 45.4 Å². The van der Waals surface area contributed by atoms with Gasteiger partial charge < -0.3 is 10.2 Å². The fourth-order valence-corrected chi connectivity index (χ4v) is 5.62. The first kappa shape index (κ1) is 24.6. The number of aliphatic imine (C=N–C) groups is 2. The largest absolute Gasteiger partial charge is 0.337 e. The monoisotopic (exact) mass is 562 g/mol. The summed E-state index contributed by atoms with van der Waals surface area (Å²) in [5.74, 6) is 2.10. The Hall–Kier alpha value is -4.39. The minimum atomic E-state index is -0.277. The van der Waals surface area contributed by atoms with E-state index in [-0.39, 0.29) is 6.04 Å². The lowest BCUT2D eigenvalue weighted by Crippen LogP contribution is -2.46. The second kappa shape index (κ2) is 9.66. The highest BCUT2D eigenvalue weighted by Crippen LogP contribution is 2.48. The van der Waals surface area contributed by atoms with E-state index in [4.69, 9.17) is 38.3 Å². The van der Waals surface area contributed by atoms with E-state index in [9.17, 15) is 0 Å². The van der Waals surface area contributed by atoms with Gasteiger partial charge in [0.2, 0.25) is 0 Å². The highest BCUT2D eigenvalue weighted by Gasteiger charge is 2.41. The molecule has 1 aromatic heterocycles. The number of nitrogens with zero attached hydrogens (tertiary/aromatic N) is 5. The zero-order chi connectivity index (χ0) is 27.4. The highest BCUT2D eigenvalue weighted by molar-refractivity contribution is 6.51. The second-order valence-electron chi connectivity index (χ2n) is 9.89. The van der Waals surface area contributed by atoms with Crippen LogP contribution in [0.4, 0.5) is 22.9 Å². The van der Waals surface area contributed by atoms with E-state index in [2.05, 4.69) is 35.3 Å². The Labute approximate surface area is 242 Å². The number of aryl methyl sites for hydroxylation is 2. The molecule has 4 aromatic carbocycles. The van der Waals surface area contributed by atoms with Crippen LogP contribution in [0.5, 0.6) is 0 Å². The molecule has 6 nitrogen and oxygen atoms in total. The fraction of sp³-hybridized carbons (Fsp3) is 0.0938. The molecule has 0 spiro atoms. The third-order valence-electron chi connectivity index (χ3n) is 7.21. The first-order chi connectivity index (χ1) is 19.5. The molecule has 196 valence electrons. The normalized spacial score (nSPS) is 15.5. The molecule has 7 rings (SSSR count). The van der Waals surface area contributed by atoms with Gasteiger partial charge >= 0.3 is 0 Å². The molecule has 0 saturated heterocycles. The Morgan fingerprint density at radius 3 is 2.30 bits per heavy atom. The van der Waals surface area contributed by atoms with Crippen molar-refractivity contribution in [1.29, 1.82) is 0 Å². The van der Waals surface area contributed by atoms with Gasteiger partial charge in [-0.1, -0.05) is 77.3 Å². The molecule has 0 radical (unpaired) electrons. The number of nitrogens with one attached hydrogen (secondary N) is 1. The van der Waals surface area contributed by atoms with Crippen molar-refractivity contribution in [1.82, 2.24) is 9.78 Å². The van der Waals surface area contributed by atoms with Crippen LogP contribution in [-0.2, 0) is 0 Å². The summed E-state index contributed by atoms with van der Waals surface area (Å²) in [4.78, 5) is 12.5. The molecule has 1 unspecified atom stereocenters. The fourth-order valence-electron chi connectivity index (χ4n) is 5.32. The maximum atomic E-state index is 6.59. The average Bonchev–Trinajstić information content (AvgIpc) is 3.31. The quantitative estimate of drug-likeness (QED) is 0.239. The van der Waals surface area contributed by atoms with Gasteiger partial charge in [-0.15, -0.1) is 0 Å². The van der Waals surface area contributed by atoms with Gasteiger partial charge in [0.05, 0.1) is 38.8 Å². The molecule has 2 aliphatic heterocycles. The van der Waals surface area contributed by atoms with Crippen molar-refractivity contribution in [3.63, 3.8) is 0 Å². The smallest absolute Gasteiger partial charge is 0.179 e. The summed E-state index contributed by atoms with van der Waals surface area (Å²) in [6.45, 7) is 4.10. The molecule has 3 heterocycles. The highest BCUT2D eigenvalue weighted by atomic mass is 35.5. The van der Waals surface area contributed by atoms with Gasteiger partial charge in [0.15, 0.2) is 17.5 Å². The molecule has 0 fully saturated rings. The van der Waals surface area contributed by atoms with E-state index >= 15 is 0 Å². The lowest BCUT2D eigenvalue weighted by Gasteiger charge is -2.40. The molecular weight excluding hydrogens is 539 g/mol. The molecule has 5 aromatic rings. The number of rotatable bonds is 3. The van der Waals surface area contributed by atoms with Crippen molar-refractivity contribution in [2.24, 2.45) is 9.98 Å². The summed E-state index contributed by atoms with van der Waals surface area (Å²) in [7, 11) is 0. The van der Waals surface area contributed by atoms with Crippen molar-refractivity contribution in [2.45, 2.75) is 19.9 Å². The summed E-state index contributed by atoms with van der Waals surface area (Å²) >= 11 is 13.0. The van der Waals surface area contributed by atoms with Gasteiger partial charge in [0.1, 0.15) is 0 Å². The first-order valence-electron chi connectivity index (χ1n) is 13.0. The lowest BCUT2D eigenvalue weighted by atomic mass is 9.93.